The first-order chi connectivity index (χ1) is 8.82. The quantitative estimate of drug-likeness (QED) is 0.792. The van der Waals surface area contributed by atoms with Crippen molar-refractivity contribution < 1.29 is 18.3 Å². The minimum Gasteiger partial charge on any atom is -0.392 e. The van der Waals surface area contributed by atoms with E-state index in [0.717, 1.165) is 0 Å². The Morgan fingerprint density at radius 3 is 2.53 bits per heavy atom. The Bertz CT molecular complexity index is 511. The smallest absolute Gasteiger partial charge is 0.241 e. The molecular weight excluding hydrogens is 266 g/mol. The van der Waals surface area contributed by atoms with Crippen LogP contribution in [-0.4, -0.2) is 32.3 Å². The molecule has 0 heterocycles. The molecule has 6 heteroatoms. The standard InChI is InChI=1S/C13H21NO4S/c1-4-18-13(2,3)10-14-19(16,17)12-8-6-5-7-11(12)9-15/h5-8,14-15H,4,9-10H2,1-3H3. The number of sulfonamides is 1. The fraction of sp³-hybridized carbons (Fsp3) is 0.538. The highest BCUT2D eigenvalue weighted by atomic mass is 32.2. The van der Waals surface area contributed by atoms with Crippen molar-refractivity contribution in [2.45, 2.75) is 37.9 Å². The second kappa shape index (κ2) is 6.47. The van der Waals surface area contributed by atoms with E-state index in [1.54, 1.807) is 18.2 Å². The van der Waals surface area contributed by atoms with Crippen molar-refractivity contribution in [1.29, 1.82) is 0 Å². The number of nitrogens with one attached hydrogen (secondary N) is 1. The van der Waals surface area contributed by atoms with Crippen LogP contribution in [-0.2, 0) is 21.4 Å². The third-order valence-corrected chi connectivity index (χ3v) is 4.16. The highest BCUT2D eigenvalue weighted by Gasteiger charge is 2.23. The summed E-state index contributed by atoms with van der Waals surface area (Å²) in [7, 11) is -3.64. The van der Waals surface area contributed by atoms with Crippen molar-refractivity contribution in [1.82, 2.24) is 4.72 Å². The maximum atomic E-state index is 12.2. The molecule has 5 nitrogen and oxygen atoms in total. The second-order valence-corrected chi connectivity index (χ2v) is 6.52. The maximum Gasteiger partial charge on any atom is 0.241 e. The Hall–Kier alpha value is -0.950. The zero-order valence-corrected chi connectivity index (χ0v) is 12.3. The van der Waals surface area contributed by atoms with E-state index in [2.05, 4.69) is 4.72 Å². The highest BCUT2D eigenvalue weighted by molar-refractivity contribution is 7.89. The predicted octanol–water partition coefficient (Wildman–Crippen LogP) is 1.27. The summed E-state index contributed by atoms with van der Waals surface area (Å²) in [5.41, 5.74) is -0.195. The molecule has 0 aliphatic carbocycles. The molecule has 108 valence electrons. The SMILES string of the molecule is CCOC(C)(C)CNS(=O)(=O)c1ccccc1CO. The first-order valence-corrected chi connectivity index (χ1v) is 7.63. The van der Waals surface area contributed by atoms with Crippen LogP contribution in [0.2, 0.25) is 0 Å². The van der Waals surface area contributed by atoms with E-state index in [1.807, 2.05) is 20.8 Å². The van der Waals surface area contributed by atoms with Gasteiger partial charge in [0.2, 0.25) is 10.0 Å². The Morgan fingerprint density at radius 2 is 1.95 bits per heavy atom. The van der Waals surface area contributed by atoms with E-state index < -0.39 is 15.6 Å². The molecule has 0 spiro atoms. The highest BCUT2D eigenvalue weighted by Crippen LogP contribution is 2.16. The molecule has 0 saturated carbocycles. The first-order valence-electron chi connectivity index (χ1n) is 6.15. The van der Waals surface area contributed by atoms with Crippen LogP contribution in [0.3, 0.4) is 0 Å². The number of hydrogen-bond donors (Lipinski definition) is 2. The van der Waals surface area contributed by atoms with Crippen LogP contribution in [0, 0.1) is 0 Å². The van der Waals surface area contributed by atoms with Crippen LogP contribution in [0.25, 0.3) is 0 Å². The molecule has 1 aromatic carbocycles. The molecule has 0 bridgehead atoms. The van der Waals surface area contributed by atoms with Crippen LogP contribution in [0.5, 0.6) is 0 Å². The summed E-state index contributed by atoms with van der Waals surface area (Å²) in [5, 5.41) is 9.18. The first kappa shape index (κ1) is 16.1. The molecule has 0 atom stereocenters. The molecule has 0 amide bonds. The fourth-order valence-electron chi connectivity index (χ4n) is 1.68. The normalized spacial score (nSPS) is 12.6. The lowest BCUT2D eigenvalue weighted by atomic mass is 10.1. The number of aliphatic hydroxyl groups excluding tert-OH is 1. The van der Waals surface area contributed by atoms with Gasteiger partial charge in [-0.1, -0.05) is 18.2 Å². The van der Waals surface area contributed by atoms with Gasteiger partial charge in [0.05, 0.1) is 17.1 Å². The average Bonchev–Trinajstić information content (AvgIpc) is 2.37. The second-order valence-electron chi connectivity index (χ2n) is 4.78. The minimum atomic E-state index is -3.64. The number of ether oxygens (including phenoxy) is 1. The molecule has 0 saturated heterocycles. The monoisotopic (exact) mass is 287 g/mol. The molecule has 0 aliphatic rings. The van der Waals surface area contributed by atoms with Crippen molar-refractivity contribution in [2.75, 3.05) is 13.2 Å². The van der Waals surface area contributed by atoms with Crippen molar-refractivity contribution in [3.8, 4) is 0 Å². The van der Waals surface area contributed by atoms with Crippen molar-refractivity contribution in [3.63, 3.8) is 0 Å². The molecule has 0 radical (unpaired) electrons. The van der Waals surface area contributed by atoms with Gasteiger partial charge in [0.1, 0.15) is 0 Å². The molecule has 19 heavy (non-hydrogen) atoms. The average molecular weight is 287 g/mol. The number of rotatable bonds is 7. The molecule has 0 fully saturated rings. The third kappa shape index (κ3) is 4.58. The summed E-state index contributed by atoms with van der Waals surface area (Å²) in [5.74, 6) is 0. The Kier molecular flexibility index (Phi) is 5.49. The van der Waals surface area contributed by atoms with Crippen LogP contribution in [0.15, 0.2) is 29.2 Å². The molecule has 0 unspecified atom stereocenters. The van der Waals surface area contributed by atoms with Gasteiger partial charge in [-0.05, 0) is 32.4 Å². The number of hydrogen-bond acceptors (Lipinski definition) is 4. The van der Waals surface area contributed by atoms with Gasteiger partial charge >= 0.3 is 0 Å². The Balaban J connectivity index is 2.87. The van der Waals surface area contributed by atoms with Crippen LogP contribution in [0.1, 0.15) is 26.3 Å². The van der Waals surface area contributed by atoms with Crippen LogP contribution < -0.4 is 4.72 Å². The summed E-state index contributed by atoms with van der Waals surface area (Å²) < 4.78 is 32.3. The van der Waals surface area contributed by atoms with Gasteiger partial charge in [-0.3, -0.25) is 0 Å². The van der Waals surface area contributed by atoms with Crippen LogP contribution in [0.4, 0.5) is 0 Å². The van der Waals surface area contributed by atoms with Crippen molar-refractivity contribution in [3.05, 3.63) is 29.8 Å². The van der Waals surface area contributed by atoms with Gasteiger partial charge in [0.15, 0.2) is 0 Å². The molecule has 0 aromatic heterocycles. The predicted molar refractivity (Wildman–Crippen MR) is 73.3 cm³/mol. The number of aliphatic hydroxyl groups is 1. The topological polar surface area (TPSA) is 75.6 Å². The zero-order valence-electron chi connectivity index (χ0n) is 11.5. The molecule has 2 N–H and O–H groups in total. The Labute approximate surface area is 114 Å². The fourth-order valence-corrected chi connectivity index (χ4v) is 3.11. The van der Waals surface area contributed by atoms with E-state index >= 15 is 0 Å². The maximum absolute atomic E-state index is 12.2. The van der Waals surface area contributed by atoms with E-state index in [0.29, 0.717) is 12.2 Å². The van der Waals surface area contributed by atoms with Crippen molar-refractivity contribution in [2.24, 2.45) is 0 Å². The van der Waals surface area contributed by atoms with Gasteiger partial charge in [-0.15, -0.1) is 0 Å². The van der Waals surface area contributed by atoms with Gasteiger partial charge in [-0.2, -0.15) is 0 Å². The van der Waals surface area contributed by atoms with Crippen LogP contribution >= 0.6 is 0 Å². The lowest BCUT2D eigenvalue weighted by molar-refractivity contribution is -0.00515. The lowest BCUT2D eigenvalue weighted by Crippen LogP contribution is -2.40. The van der Waals surface area contributed by atoms with Gasteiger partial charge in [0.25, 0.3) is 0 Å². The zero-order chi connectivity index (χ0) is 14.5. The summed E-state index contributed by atoms with van der Waals surface area (Å²) in [6, 6.07) is 6.37. The van der Waals surface area contributed by atoms with E-state index in [1.165, 1.54) is 6.07 Å². The molecule has 1 rings (SSSR count). The van der Waals surface area contributed by atoms with Crippen molar-refractivity contribution >= 4 is 10.0 Å². The van der Waals surface area contributed by atoms with E-state index in [4.69, 9.17) is 4.74 Å². The minimum absolute atomic E-state index is 0.102. The molecule has 0 aliphatic heterocycles. The van der Waals surface area contributed by atoms with Gasteiger partial charge < -0.3 is 9.84 Å². The lowest BCUT2D eigenvalue weighted by Gasteiger charge is -2.25. The van der Waals surface area contributed by atoms with Gasteiger partial charge in [-0.25, -0.2) is 13.1 Å². The summed E-state index contributed by atoms with van der Waals surface area (Å²) >= 11 is 0. The summed E-state index contributed by atoms with van der Waals surface area (Å²) in [6.07, 6.45) is 0. The van der Waals surface area contributed by atoms with E-state index in [-0.39, 0.29) is 18.0 Å². The Morgan fingerprint density at radius 1 is 1.32 bits per heavy atom. The largest absolute Gasteiger partial charge is 0.392 e. The van der Waals surface area contributed by atoms with Gasteiger partial charge in [0, 0.05) is 13.2 Å². The molecule has 1 aromatic rings. The number of benzene rings is 1. The third-order valence-electron chi connectivity index (χ3n) is 2.66. The molecular formula is C13H21NO4S. The summed E-state index contributed by atoms with van der Waals surface area (Å²) in [4.78, 5) is 0.102. The van der Waals surface area contributed by atoms with E-state index in [9.17, 15) is 13.5 Å². The summed E-state index contributed by atoms with van der Waals surface area (Å²) in [6.45, 7) is 5.86.